The summed E-state index contributed by atoms with van der Waals surface area (Å²) in [6.07, 6.45) is 1.58. The van der Waals surface area contributed by atoms with Gasteiger partial charge in [0.05, 0.1) is 5.92 Å². The Morgan fingerprint density at radius 2 is 2.10 bits per heavy atom. The van der Waals surface area contributed by atoms with E-state index in [1.807, 2.05) is 24.3 Å². The Hall–Kier alpha value is -1.06. The first-order chi connectivity index (χ1) is 9.31. The van der Waals surface area contributed by atoms with Crippen molar-refractivity contribution >= 4 is 17.5 Å². The van der Waals surface area contributed by atoms with Crippen molar-refractivity contribution < 1.29 is 4.79 Å². The van der Waals surface area contributed by atoms with Gasteiger partial charge in [0.25, 0.3) is 0 Å². The Morgan fingerprint density at radius 3 is 2.65 bits per heavy atom. The summed E-state index contributed by atoms with van der Waals surface area (Å²) in [5.74, 6) is -0.0705. The van der Waals surface area contributed by atoms with Gasteiger partial charge in [-0.25, -0.2) is 0 Å². The molecule has 3 N–H and O–H groups in total. The zero-order valence-electron chi connectivity index (χ0n) is 12.6. The van der Waals surface area contributed by atoms with E-state index in [0.717, 1.165) is 23.4 Å². The number of hydrogen-bond donors (Lipinski definition) is 2. The molecule has 0 radical (unpaired) electrons. The highest BCUT2D eigenvalue weighted by atomic mass is 35.5. The largest absolute Gasteiger partial charge is 0.355 e. The summed E-state index contributed by atoms with van der Waals surface area (Å²) >= 11 is 5.93. The van der Waals surface area contributed by atoms with Gasteiger partial charge in [0.1, 0.15) is 0 Å². The van der Waals surface area contributed by atoms with Crippen LogP contribution in [0.2, 0.25) is 5.02 Å². The van der Waals surface area contributed by atoms with Crippen molar-refractivity contribution in [1.82, 2.24) is 5.32 Å². The highest BCUT2D eigenvalue weighted by Crippen LogP contribution is 2.23. The molecule has 0 fully saturated rings. The lowest BCUT2D eigenvalue weighted by Gasteiger charge is -2.24. The second kappa shape index (κ2) is 7.65. The molecular weight excluding hydrogens is 272 g/mol. The van der Waals surface area contributed by atoms with E-state index in [-0.39, 0.29) is 17.2 Å². The minimum Gasteiger partial charge on any atom is -0.355 e. The van der Waals surface area contributed by atoms with Gasteiger partial charge in [-0.1, -0.05) is 44.5 Å². The molecule has 4 heteroatoms. The van der Waals surface area contributed by atoms with E-state index in [1.165, 1.54) is 0 Å². The van der Waals surface area contributed by atoms with Crippen LogP contribution in [0, 0.1) is 11.3 Å². The van der Waals surface area contributed by atoms with Crippen LogP contribution in [0.25, 0.3) is 0 Å². The highest BCUT2D eigenvalue weighted by molar-refractivity contribution is 6.30. The maximum Gasteiger partial charge on any atom is 0.224 e. The van der Waals surface area contributed by atoms with Gasteiger partial charge in [0.2, 0.25) is 5.91 Å². The molecule has 0 aliphatic carbocycles. The Kier molecular flexibility index (Phi) is 6.50. The van der Waals surface area contributed by atoms with Gasteiger partial charge in [-0.3, -0.25) is 4.79 Å². The highest BCUT2D eigenvalue weighted by Gasteiger charge is 2.23. The molecule has 0 aliphatic heterocycles. The Balaban J connectivity index is 2.42. The molecule has 0 spiro atoms. The number of hydrogen-bond acceptors (Lipinski definition) is 2. The number of rotatable bonds is 6. The van der Waals surface area contributed by atoms with Crippen molar-refractivity contribution in [2.75, 3.05) is 13.1 Å². The number of halogens is 1. The first-order valence-corrected chi connectivity index (χ1v) is 7.42. The average molecular weight is 297 g/mol. The molecule has 0 aliphatic rings. The third-order valence-electron chi connectivity index (χ3n) is 3.12. The predicted molar refractivity (Wildman–Crippen MR) is 84.8 cm³/mol. The van der Waals surface area contributed by atoms with Gasteiger partial charge in [-0.05, 0) is 36.0 Å². The first-order valence-electron chi connectivity index (χ1n) is 7.04. The minimum absolute atomic E-state index is 0.0458. The van der Waals surface area contributed by atoms with E-state index >= 15 is 0 Å². The molecule has 0 heterocycles. The zero-order valence-corrected chi connectivity index (χ0v) is 13.3. The molecule has 0 saturated carbocycles. The summed E-state index contributed by atoms with van der Waals surface area (Å²) in [4.78, 5) is 12.1. The number of carbonyl (C=O) groups excluding carboxylic acids is 1. The maximum absolute atomic E-state index is 12.1. The predicted octanol–water partition coefficient (Wildman–Crippen LogP) is 3.01. The van der Waals surface area contributed by atoms with Gasteiger partial charge >= 0.3 is 0 Å². The summed E-state index contributed by atoms with van der Waals surface area (Å²) in [5.41, 5.74) is 6.93. The van der Waals surface area contributed by atoms with Crippen LogP contribution in [0.3, 0.4) is 0 Å². The summed E-state index contributed by atoms with van der Waals surface area (Å²) in [6, 6.07) is 7.69. The van der Waals surface area contributed by atoms with E-state index in [4.69, 9.17) is 17.3 Å². The number of amides is 1. The van der Waals surface area contributed by atoms with Crippen molar-refractivity contribution in [3.8, 4) is 0 Å². The van der Waals surface area contributed by atoms with Crippen LogP contribution in [0.15, 0.2) is 24.3 Å². The Morgan fingerprint density at radius 1 is 1.40 bits per heavy atom. The quantitative estimate of drug-likeness (QED) is 0.848. The van der Waals surface area contributed by atoms with Crippen molar-refractivity contribution in [1.29, 1.82) is 0 Å². The third-order valence-corrected chi connectivity index (χ3v) is 3.35. The number of nitrogens with one attached hydrogen (secondary N) is 1. The van der Waals surface area contributed by atoms with E-state index in [9.17, 15) is 4.79 Å². The average Bonchev–Trinajstić information content (AvgIpc) is 2.34. The normalized spacial score (nSPS) is 13.1. The number of nitrogens with two attached hydrogens (primary N) is 1. The minimum atomic E-state index is -0.116. The van der Waals surface area contributed by atoms with E-state index in [0.29, 0.717) is 13.1 Å². The van der Waals surface area contributed by atoms with Crippen LogP contribution in [0.5, 0.6) is 0 Å². The monoisotopic (exact) mass is 296 g/mol. The maximum atomic E-state index is 12.1. The van der Waals surface area contributed by atoms with E-state index in [1.54, 1.807) is 0 Å². The van der Waals surface area contributed by atoms with E-state index in [2.05, 4.69) is 26.1 Å². The van der Waals surface area contributed by atoms with Crippen molar-refractivity contribution in [2.45, 2.75) is 33.6 Å². The molecule has 1 unspecified atom stereocenters. The fourth-order valence-electron chi connectivity index (χ4n) is 2.19. The molecule has 1 aromatic rings. The van der Waals surface area contributed by atoms with Gasteiger partial charge in [-0.15, -0.1) is 0 Å². The van der Waals surface area contributed by atoms with Gasteiger partial charge in [0, 0.05) is 18.1 Å². The van der Waals surface area contributed by atoms with Crippen LogP contribution in [-0.2, 0) is 11.2 Å². The fourth-order valence-corrected chi connectivity index (χ4v) is 2.40. The molecule has 0 bridgehead atoms. The Labute approximate surface area is 126 Å². The SMILES string of the molecule is CC(C)(C)CC(CN)C(=O)NCCc1cccc(Cl)c1. The molecule has 0 saturated heterocycles. The lowest BCUT2D eigenvalue weighted by atomic mass is 9.84. The smallest absolute Gasteiger partial charge is 0.224 e. The summed E-state index contributed by atoms with van der Waals surface area (Å²) in [7, 11) is 0. The fraction of sp³-hybridized carbons (Fsp3) is 0.562. The molecule has 1 rings (SSSR count). The summed E-state index contributed by atoms with van der Waals surface area (Å²) < 4.78 is 0. The molecule has 20 heavy (non-hydrogen) atoms. The lowest BCUT2D eigenvalue weighted by molar-refractivity contribution is -0.125. The molecule has 1 amide bonds. The lowest BCUT2D eigenvalue weighted by Crippen LogP contribution is -2.38. The topological polar surface area (TPSA) is 55.1 Å². The van der Waals surface area contributed by atoms with Gasteiger partial charge < -0.3 is 11.1 Å². The zero-order chi connectivity index (χ0) is 15.2. The molecule has 0 aromatic heterocycles. The van der Waals surface area contributed by atoms with Crippen molar-refractivity contribution in [2.24, 2.45) is 17.1 Å². The molecule has 1 atom stereocenters. The molecule has 3 nitrogen and oxygen atoms in total. The number of benzene rings is 1. The third kappa shape index (κ3) is 6.40. The molecule has 112 valence electrons. The van der Waals surface area contributed by atoms with Crippen LogP contribution < -0.4 is 11.1 Å². The molecule has 1 aromatic carbocycles. The van der Waals surface area contributed by atoms with Gasteiger partial charge in [0.15, 0.2) is 0 Å². The number of carbonyl (C=O) groups is 1. The summed E-state index contributed by atoms with van der Waals surface area (Å²) in [6.45, 7) is 7.36. The van der Waals surface area contributed by atoms with Crippen molar-refractivity contribution in [3.63, 3.8) is 0 Å². The van der Waals surface area contributed by atoms with Crippen LogP contribution in [0.4, 0.5) is 0 Å². The van der Waals surface area contributed by atoms with Crippen LogP contribution in [-0.4, -0.2) is 19.0 Å². The van der Waals surface area contributed by atoms with Crippen molar-refractivity contribution in [3.05, 3.63) is 34.9 Å². The summed E-state index contributed by atoms with van der Waals surface area (Å²) in [5, 5.41) is 3.69. The molecular formula is C16H25ClN2O. The van der Waals surface area contributed by atoms with Crippen LogP contribution >= 0.6 is 11.6 Å². The Bertz CT molecular complexity index is 440. The van der Waals surface area contributed by atoms with Gasteiger partial charge in [-0.2, -0.15) is 0 Å². The van der Waals surface area contributed by atoms with Crippen LogP contribution in [0.1, 0.15) is 32.8 Å². The second-order valence-corrected chi connectivity index (χ2v) is 6.80. The first kappa shape index (κ1) is 17.0. The second-order valence-electron chi connectivity index (χ2n) is 6.37. The van der Waals surface area contributed by atoms with E-state index < -0.39 is 0 Å². The standard InChI is InChI=1S/C16H25ClN2O/c1-16(2,3)10-13(11-18)15(20)19-8-7-12-5-4-6-14(17)9-12/h4-6,9,13H,7-8,10-11,18H2,1-3H3,(H,19,20).